The van der Waals surface area contributed by atoms with Crippen LogP contribution in [0.2, 0.25) is 0 Å². The van der Waals surface area contributed by atoms with Gasteiger partial charge in [0.1, 0.15) is 6.10 Å². The summed E-state index contributed by atoms with van der Waals surface area (Å²) < 4.78 is 49.9. The number of nitrogens with zero attached hydrogens (tertiary/aromatic N) is 3. The van der Waals surface area contributed by atoms with E-state index in [0.717, 1.165) is 45.3 Å². The van der Waals surface area contributed by atoms with Crippen LogP contribution in [-0.2, 0) is 17.5 Å². The molecule has 1 aromatic carbocycles. The number of aromatic nitrogens is 2. The first-order valence-electron chi connectivity index (χ1n) is 10.3. The molecule has 0 bridgehead atoms. The van der Waals surface area contributed by atoms with Crippen molar-refractivity contribution in [2.24, 2.45) is 5.41 Å². The average molecular weight is 421 g/mol. The summed E-state index contributed by atoms with van der Waals surface area (Å²) in [5, 5.41) is 0. The summed E-state index contributed by atoms with van der Waals surface area (Å²) in [5.41, 5.74) is 1.43. The number of piperidine rings is 1. The second kappa shape index (κ2) is 8.89. The molecule has 30 heavy (non-hydrogen) atoms. The molecule has 2 aliphatic rings. The van der Waals surface area contributed by atoms with Crippen molar-refractivity contribution in [2.75, 3.05) is 26.2 Å². The van der Waals surface area contributed by atoms with E-state index in [9.17, 15) is 13.2 Å². The number of ether oxygens (including phenoxy) is 2. The molecule has 1 saturated heterocycles. The highest BCUT2D eigenvalue weighted by atomic mass is 19.4. The molecule has 0 unspecified atom stereocenters. The summed E-state index contributed by atoms with van der Waals surface area (Å²) in [7, 11) is 0. The zero-order valence-corrected chi connectivity index (χ0v) is 16.8. The summed E-state index contributed by atoms with van der Waals surface area (Å²) in [4.78, 5) is 9.18. The van der Waals surface area contributed by atoms with Crippen LogP contribution in [0.1, 0.15) is 37.1 Å². The zero-order chi connectivity index (χ0) is 21.0. The standard InChI is InChI=1S/C22H26F3N3O2/c23-22(24,25)20-26-11-6-19(27-20)30-18-7-12-28(13-8-18)15-21(9-10-21)16-29-14-17-4-2-1-3-5-17/h1-6,11,18H,7-10,12-16H2. The Balaban J connectivity index is 1.20. The third-order valence-electron chi connectivity index (χ3n) is 5.74. The van der Waals surface area contributed by atoms with Crippen molar-refractivity contribution in [2.45, 2.75) is 44.6 Å². The molecule has 1 saturated carbocycles. The monoisotopic (exact) mass is 421 g/mol. The lowest BCUT2D eigenvalue weighted by atomic mass is 10.0. The molecule has 1 aliphatic heterocycles. The van der Waals surface area contributed by atoms with Gasteiger partial charge in [0.15, 0.2) is 0 Å². The van der Waals surface area contributed by atoms with Gasteiger partial charge in [0.25, 0.3) is 0 Å². The van der Waals surface area contributed by atoms with E-state index in [-0.39, 0.29) is 17.4 Å². The quantitative estimate of drug-likeness (QED) is 0.635. The molecule has 0 radical (unpaired) electrons. The minimum absolute atomic E-state index is 0.0104. The van der Waals surface area contributed by atoms with E-state index in [4.69, 9.17) is 9.47 Å². The van der Waals surface area contributed by atoms with Crippen molar-refractivity contribution in [3.05, 3.63) is 54.0 Å². The summed E-state index contributed by atoms with van der Waals surface area (Å²) in [6.45, 7) is 4.13. The van der Waals surface area contributed by atoms with Crippen molar-refractivity contribution in [3.63, 3.8) is 0 Å². The normalized spacial score (nSPS) is 19.6. The highest BCUT2D eigenvalue weighted by molar-refractivity contribution is 5.13. The molecule has 0 amide bonds. The molecule has 8 heteroatoms. The molecule has 0 spiro atoms. The molecule has 1 aliphatic carbocycles. The molecule has 0 N–H and O–H groups in total. The second-order valence-corrected chi connectivity index (χ2v) is 8.29. The topological polar surface area (TPSA) is 47.5 Å². The predicted molar refractivity (Wildman–Crippen MR) is 105 cm³/mol. The lowest BCUT2D eigenvalue weighted by Crippen LogP contribution is -2.42. The van der Waals surface area contributed by atoms with Gasteiger partial charge < -0.3 is 14.4 Å². The lowest BCUT2D eigenvalue weighted by Gasteiger charge is -2.34. The van der Waals surface area contributed by atoms with E-state index in [0.29, 0.717) is 6.61 Å². The van der Waals surface area contributed by atoms with Crippen LogP contribution in [0.5, 0.6) is 5.88 Å². The summed E-state index contributed by atoms with van der Waals surface area (Å²) in [6.07, 6.45) is 0.301. The van der Waals surface area contributed by atoms with Gasteiger partial charge in [0.05, 0.1) is 13.2 Å². The van der Waals surface area contributed by atoms with Gasteiger partial charge in [-0.25, -0.2) is 4.98 Å². The predicted octanol–water partition coefficient (Wildman–Crippen LogP) is 4.34. The summed E-state index contributed by atoms with van der Waals surface area (Å²) in [5.74, 6) is -1.17. The average Bonchev–Trinajstić information content (AvgIpc) is 3.49. The molecule has 4 rings (SSSR count). The van der Waals surface area contributed by atoms with E-state index in [1.165, 1.54) is 24.5 Å². The molecule has 2 aromatic rings. The third-order valence-corrected chi connectivity index (χ3v) is 5.74. The molecule has 2 fully saturated rings. The van der Waals surface area contributed by atoms with Crippen LogP contribution in [0, 0.1) is 5.41 Å². The van der Waals surface area contributed by atoms with Crippen molar-refractivity contribution < 1.29 is 22.6 Å². The Labute approximate surface area is 174 Å². The van der Waals surface area contributed by atoms with Crippen LogP contribution in [0.25, 0.3) is 0 Å². The van der Waals surface area contributed by atoms with Crippen molar-refractivity contribution in [3.8, 4) is 5.88 Å². The number of hydrogen-bond donors (Lipinski definition) is 0. The maximum atomic E-state index is 12.7. The first-order valence-corrected chi connectivity index (χ1v) is 10.3. The Bertz CT molecular complexity index is 820. The van der Waals surface area contributed by atoms with Crippen molar-refractivity contribution in [1.82, 2.24) is 14.9 Å². The van der Waals surface area contributed by atoms with Crippen LogP contribution >= 0.6 is 0 Å². The van der Waals surface area contributed by atoms with Gasteiger partial charge in [-0.05, 0) is 31.2 Å². The third kappa shape index (κ3) is 5.70. The van der Waals surface area contributed by atoms with Gasteiger partial charge in [-0.1, -0.05) is 30.3 Å². The fourth-order valence-corrected chi connectivity index (χ4v) is 3.86. The Morgan fingerprint density at radius 1 is 1.07 bits per heavy atom. The van der Waals surface area contributed by atoms with Gasteiger partial charge >= 0.3 is 6.18 Å². The van der Waals surface area contributed by atoms with E-state index < -0.39 is 12.0 Å². The lowest BCUT2D eigenvalue weighted by molar-refractivity contribution is -0.145. The number of hydrogen-bond acceptors (Lipinski definition) is 5. The molecule has 162 valence electrons. The van der Waals surface area contributed by atoms with Gasteiger partial charge in [0, 0.05) is 37.3 Å². The molecule has 5 nitrogen and oxygen atoms in total. The van der Waals surface area contributed by atoms with Crippen LogP contribution in [0.4, 0.5) is 13.2 Å². The summed E-state index contributed by atoms with van der Waals surface area (Å²) >= 11 is 0. The highest BCUT2D eigenvalue weighted by Gasteiger charge is 2.44. The van der Waals surface area contributed by atoms with Gasteiger partial charge in [0.2, 0.25) is 11.7 Å². The van der Waals surface area contributed by atoms with Crippen molar-refractivity contribution in [1.29, 1.82) is 0 Å². The minimum atomic E-state index is -4.57. The van der Waals surface area contributed by atoms with Crippen LogP contribution < -0.4 is 4.74 Å². The second-order valence-electron chi connectivity index (χ2n) is 8.29. The Kier molecular flexibility index (Phi) is 6.24. The molecule has 0 atom stereocenters. The van der Waals surface area contributed by atoms with Crippen LogP contribution in [0.3, 0.4) is 0 Å². The van der Waals surface area contributed by atoms with Crippen LogP contribution in [0.15, 0.2) is 42.6 Å². The summed E-state index contributed by atoms with van der Waals surface area (Å²) in [6, 6.07) is 11.6. The maximum absolute atomic E-state index is 12.7. The molecular weight excluding hydrogens is 395 g/mol. The number of benzene rings is 1. The fraction of sp³-hybridized carbons (Fsp3) is 0.545. The number of rotatable bonds is 8. The first-order chi connectivity index (χ1) is 14.4. The number of alkyl halides is 3. The SMILES string of the molecule is FC(F)(F)c1nccc(OC2CCN(CC3(COCc4ccccc4)CC3)CC2)n1. The first kappa shape index (κ1) is 21.1. The van der Waals surface area contributed by atoms with Crippen LogP contribution in [-0.4, -0.2) is 47.2 Å². The Morgan fingerprint density at radius 3 is 2.47 bits per heavy atom. The van der Waals surface area contributed by atoms with E-state index in [1.807, 2.05) is 18.2 Å². The Morgan fingerprint density at radius 2 is 1.80 bits per heavy atom. The largest absolute Gasteiger partial charge is 0.474 e. The van der Waals surface area contributed by atoms with Gasteiger partial charge in [-0.2, -0.15) is 18.2 Å². The van der Waals surface area contributed by atoms with Crippen molar-refractivity contribution >= 4 is 0 Å². The van der Waals surface area contributed by atoms with Gasteiger partial charge in [-0.3, -0.25) is 0 Å². The molecule has 2 heterocycles. The maximum Gasteiger partial charge on any atom is 0.451 e. The smallest absolute Gasteiger partial charge is 0.451 e. The fourth-order valence-electron chi connectivity index (χ4n) is 3.86. The number of likely N-dealkylation sites (tertiary alicyclic amines) is 1. The van der Waals surface area contributed by atoms with E-state index >= 15 is 0 Å². The van der Waals surface area contributed by atoms with E-state index in [2.05, 4.69) is 27.0 Å². The molecule has 1 aromatic heterocycles. The highest BCUT2D eigenvalue weighted by Crippen LogP contribution is 2.47. The van der Waals surface area contributed by atoms with E-state index in [1.54, 1.807) is 0 Å². The van der Waals surface area contributed by atoms with Gasteiger partial charge in [-0.15, -0.1) is 0 Å². The zero-order valence-electron chi connectivity index (χ0n) is 16.8. The molecular formula is C22H26F3N3O2. The number of halogens is 3. The minimum Gasteiger partial charge on any atom is -0.474 e. The Hall–Kier alpha value is -2.19.